The molecule has 0 aromatic heterocycles. The van der Waals surface area contributed by atoms with Gasteiger partial charge < -0.3 is 19.9 Å². The summed E-state index contributed by atoms with van der Waals surface area (Å²) in [5.74, 6) is 2.72. The third-order valence-electron chi connectivity index (χ3n) is 6.43. The zero-order valence-electron chi connectivity index (χ0n) is 14.0. The summed E-state index contributed by atoms with van der Waals surface area (Å²) in [5, 5.41) is 13.7. The van der Waals surface area contributed by atoms with Crippen molar-refractivity contribution in [3.63, 3.8) is 0 Å². The van der Waals surface area contributed by atoms with Gasteiger partial charge in [0, 0.05) is 25.8 Å². The van der Waals surface area contributed by atoms with Crippen LogP contribution in [0.4, 0.5) is 0 Å². The maximum Gasteiger partial charge on any atom is 0.0898 e. The highest BCUT2D eigenvalue weighted by Crippen LogP contribution is 2.57. The second-order valence-corrected chi connectivity index (χ2v) is 8.36. The lowest BCUT2D eigenvalue weighted by Gasteiger charge is -2.56. The molecule has 1 atom stereocenters. The predicted octanol–water partition coefficient (Wildman–Crippen LogP) is 2.52. The Morgan fingerprint density at radius 1 is 1.04 bits per heavy atom. The molecule has 0 spiro atoms. The molecular weight excluding hydrogens is 314 g/mol. The van der Waals surface area contributed by atoms with Crippen LogP contribution in [-0.2, 0) is 9.47 Å². The molecule has 5 fully saturated rings. The van der Waals surface area contributed by atoms with Gasteiger partial charge in [-0.25, -0.2) is 0 Å². The molecule has 4 aliphatic carbocycles. The van der Waals surface area contributed by atoms with Crippen LogP contribution >= 0.6 is 12.4 Å². The lowest BCUT2D eigenvalue weighted by molar-refractivity contribution is -0.174. The van der Waals surface area contributed by atoms with Crippen LogP contribution in [0.1, 0.15) is 51.4 Å². The molecule has 1 heterocycles. The lowest BCUT2D eigenvalue weighted by atomic mass is 9.54. The van der Waals surface area contributed by atoms with Gasteiger partial charge in [0.2, 0.25) is 0 Å². The maximum atomic E-state index is 10.3. The number of halogens is 1. The quantitative estimate of drug-likeness (QED) is 0.776. The van der Waals surface area contributed by atoms with Crippen molar-refractivity contribution < 1.29 is 14.6 Å². The van der Waals surface area contributed by atoms with Gasteiger partial charge in [0.15, 0.2) is 0 Å². The summed E-state index contributed by atoms with van der Waals surface area (Å²) < 4.78 is 11.7. The van der Waals surface area contributed by atoms with Gasteiger partial charge in [0.05, 0.1) is 18.3 Å². The van der Waals surface area contributed by atoms with Gasteiger partial charge in [-0.3, -0.25) is 0 Å². The Bertz CT molecular complexity index is 351. The normalized spacial score (nSPS) is 40.8. The first-order valence-electron chi connectivity index (χ1n) is 9.34. The zero-order chi connectivity index (χ0) is 15.0. The van der Waals surface area contributed by atoms with Crippen LogP contribution in [0.2, 0.25) is 0 Å². The van der Waals surface area contributed by atoms with Gasteiger partial charge in [-0.15, -0.1) is 12.4 Å². The summed E-state index contributed by atoms with van der Waals surface area (Å²) in [6.45, 7) is 2.84. The van der Waals surface area contributed by atoms with E-state index in [0.717, 1.165) is 43.8 Å². The van der Waals surface area contributed by atoms with Crippen molar-refractivity contribution in [1.29, 1.82) is 0 Å². The average Bonchev–Trinajstić information content (AvgIpc) is 2.51. The Kier molecular flexibility index (Phi) is 5.90. The van der Waals surface area contributed by atoms with E-state index in [2.05, 4.69) is 5.32 Å². The van der Waals surface area contributed by atoms with Crippen molar-refractivity contribution in [3.05, 3.63) is 0 Å². The molecule has 4 nitrogen and oxygen atoms in total. The Balaban J connectivity index is 0.00000156. The fourth-order valence-corrected chi connectivity index (χ4v) is 5.74. The first-order chi connectivity index (χ1) is 10.7. The van der Waals surface area contributed by atoms with Crippen molar-refractivity contribution >= 4 is 12.4 Å². The van der Waals surface area contributed by atoms with Crippen LogP contribution in [0, 0.1) is 17.8 Å². The highest BCUT2D eigenvalue weighted by atomic mass is 35.5. The van der Waals surface area contributed by atoms with E-state index in [4.69, 9.17) is 9.47 Å². The van der Waals surface area contributed by atoms with E-state index in [0.29, 0.717) is 19.2 Å². The van der Waals surface area contributed by atoms with Crippen molar-refractivity contribution in [2.24, 2.45) is 17.8 Å². The fourth-order valence-electron chi connectivity index (χ4n) is 5.74. The number of aliphatic hydroxyl groups is 1. The Labute approximate surface area is 146 Å². The van der Waals surface area contributed by atoms with Crippen LogP contribution in [0.3, 0.4) is 0 Å². The third kappa shape index (κ3) is 4.21. The van der Waals surface area contributed by atoms with Crippen LogP contribution < -0.4 is 5.32 Å². The summed E-state index contributed by atoms with van der Waals surface area (Å²) in [6, 6.07) is 0.503. The SMILES string of the molecule is Cl.OC(CNC1CCOCC1)COC12CC3CC(CC(C3)C1)C2. The number of nitrogens with one attached hydrogen (secondary N) is 1. The molecule has 134 valence electrons. The fraction of sp³-hybridized carbons (Fsp3) is 1.00. The van der Waals surface area contributed by atoms with E-state index in [1.54, 1.807) is 0 Å². The highest BCUT2D eigenvalue weighted by Gasteiger charge is 2.51. The number of hydrogen-bond donors (Lipinski definition) is 2. The van der Waals surface area contributed by atoms with E-state index in [-0.39, 0.29) is 24.1 Å². The molecule has 0 radical (unpaired) electrons. The second kappa shape index (κ2) is 7.57. The van der Waals surface area contributed by atoms with Crippen molar-refractivity contribution in [1.82, 2.24) is 5.32 Å². The largest absolute Gasteiger partial charge is 0.389 e. The molecule has 4 bridgehead atoms. The van der Waals surface area contributed by atoms with Gasteiger partial charge in [0.1, 0.15) is 0 Å². The van der Waals surface area contributed by atoms with Crippen LogP contribution in [0.5, 0.6) is 0 Å². The molecule has 1 aliphatic heterocycles. The summed E-state index contributed by atoms with van der Waals surface area (Å²) in [6.07, 6.45) is 9.81. The lowest BCUT2D eigenvalue weighted by Crippen LogP contribution is -2.53. The molecular formula is C18H32ClNO3. The topological polar surface area (TPSA) is 50.7 Å². The Hall–Kier alpha value is 0.130. The number of rotatable bonds is 6. The van der Waals surface area contributed by atoms with Crippen molar-refractivity contribution in [2.45, 2.75) is 69.1 Å². The maximum absolute atomic E-state index is 10.3. The zero-order valence-corrected chi connectivity index (χ0v) is 14.9. The number of aliphatic hydroxyl groups excluding tert-OH is 1. The number of hydrogen-bond acceptors (Lipinski definition) is 4. The molecule has 5 rings (SSSR count). The highest BCUT2D eigenvalue weighted by molar-refractivity contribution is 5.85. The minimum absolute atomic E-state index is 0. The third-order valence-corrected chi connectivity index (χ3v) is 6.43. The summed E-state index contributed by atoms with van der Waals surface area (Å²) >= 11 is 0. The summed E-state index contributed by atoms with van der Waals surface area (Å²) in [5.41, 5.74) is 0.119. The summed E-state index contributed by atoms with van der Waals surface area (Å²) in [7, 11) is 0. The van der Waals surface area contributed by atoms with Crippen molar-refractivity contribution in [3.8, 4) is 0 Å². The van der Waals surface area contributed by atoms with Crippen molar-refractivity contribution in [2.75, 3.05) is 26.4 Å². The molecule has 4 saturated carbocycles. The van der Waals surface area contributed by atoms with E-state index in [1.807, 2.05) is 0 Å². The first kappa shape index (κ1) is 17.9. The predicted molar refractivity (Wildman–Crippen MR) is 92.0 cm³/mol. The smallest absolute Gasteiger partial charge is 0.0898 e. The van der Waals surface area contributed by atoms with Crippen LogP contribution in [0.15, 0.2) is 0 Å². The average molecular weight is 346 g/mol. The van der Waals surface area contributed by atoms with Crippen LogP contribution in [-0.4, -0.2) is 49.2 Å². The minimum Gasteiger partial charge on any atom is -0.389 e. The molecule has 0 aromatic carbocycles. The molecule has 5 aliphatic rings. The van der Waals surface area contributed by atoms with Gasteiger partial charge in [-0.2, -0.15) is 0 Å². The van der Waals surface area contributed by atoms with Gasteiger partial charge in [-0.05, 0) is 69.1 Å². The first-order valence-corrected chi connectivity index (χ1v) is 9.34. The molecule has 2 N–H and O–H groups in total. The van der Waals surface area contributed by atoms with E-state index in [9.17, 15) is 5.11 Å². The molecule has 0 aromatic rings. The van der Waals surface area contributed by atoms with Gasteiger partial charge >= 0.3 is 0 Å². The summed E-state index contributed by atoms with van der Waals surface area (Å²) in [4.78, 5) is 0. The molecule has 1 unspecified atom stereocenters. The monoisotopic (exact) mass is 345 g/mol. The standard InChI is InChI=1S/C18H31NO3.ClH/c20-17(11-19-16-1-3-21-4-2-16)12-22-18-8-13-5-14(9-18)7-15(6-13)10-18;/h13-17,19-20H,1-12H2;1H. The van der Waals surface area contributed by atoms with Crippen LogP contribution in [0.25, 0.3) is 0 Å². The Morgan fingerprint density at radius 3 is 2.17 bits per heavy atom. The van der Waals surface area contributed by atoms with Gasteiger partial charge in [0.25, 0.3) is 0 Å². The van der Waals surface area contributed by atoms with E-state index in [1.165, 1.54) is 38.5 Å². The molecule has 23 heavy (non-hydrogen) atoms. The number of ether oxygens (including phenoxy) is 2. The minimum atomic E-state index is -0.379. The molecule has 5 heteroatoms. The van der Waals surface area contributed by atoms with E-state index < -0.39 is 0 Å². The molecule has 1 saturated heterocycles. The van der Waals surface area contributed by atoms with E-state index >= 15 is 0 Å². The Morgan fingerprint density at radius 2 is 1.61 bits per heavy atom. The second-order valence-electron chi connectivity index (χ2n) is 8.36. The van der Waals surface area contributed by atoms with Gasteiger partial charge in [-0.1, -0.05) is 0 Å². The molecule has 0 amide bonds.